The molecule has 1 unspecified atom stereocenters. The van der Waals surface area contributed by atoms with Crippen LogP contribution in [0.4, 0.5) is 4.79 Å². The topological polar surface area (TPSA) is 294 Å². The first-order valence-corrected chi connectivity index (χ1v) is 28.4. The van der Waals surface area contributed by atoms with Crippen molar-refractivity contribution in [3.05, 3.63) is 45.2 Å². The lowest BCUT2D eigenvalue weighted by molar-refractivity contribution is -0.317. The number of oxime groups is 1. The van der Waals surface area contributed by atoms with Crippen molar-refractivity contribution in [2.24, 2.45) is 28.8 Å². The predicted molar refractivity (Wildman–Crippen MR) is 296 cm³/mol. The van der Waals surface area contributed by atoms with E-state index in [-0.39, 0.29) is 56.7 Å². The van der Waals surface area contributed by atoms with Gasteiger partial charge in [0.15, 0.2) is 18.7 Å². The van der Waals surface area contributed by atoms with E-state index < -0.39 is 125 Å². The van der Waals surface area contributed by atoms with Crippen LogP contribution in [-0.4, -0.2) is 191 Å². The van der Waals surface area contributed by atoms with Crippen molar-refractivity contribution in [3.8, 4) is 0 Å². The van der Waals surface area contributed by atoms with Crippen molar-refractivity contribution in [3.63, 3.8) is 0 Å². The number of nitrogens with one attached hydrogen (secondary N) is 1. The maximum atomic E-state index is 14.6. The van der Waals surface area contributed by atoms with E-state index in [1.54, 1.807) is 59.1 Å². The number of hydrogen-bond acceptors (Lipinski definition) is 20. The van der Waals surface area contributed by atoms with Crippen molar-refractivity contribution >= 4 is 34.6 Å². The number of aliphatic hydroxyl groups excluding tert-OH is 2. The molecule has 23 heteroatoms. The lowest BCUT2D eigenvalue weighted by Crippen LogP contribution is -2.61. The normalized spacial score (nSPS) is 37.4. The number of ether oxygens (including phenoxy) is 9. The molecule has 0 spiro atoms. The number of hydrogen-bond donors (Lipinski definition) is 6. The van der Waals surface area contributed by atoms with Crippen LogP contribution in [0.3, 0.4) is 0 Å². The molecule has 81 heavy (non-hydrogen) atoms. The standard InChI is InChI=1S/C58H92N4O19/c1-17-41-58(12,71)48(65)32(4)43(60-73-16)30(2)26-56(10,70)49(80-53-46(64)40(61(13)14)23-31(3)76-53)33(5)47(34(6)52(68)78-41)79-42-27-57(11,72-15)50(35(7)77-42)81-54(69)59-20-22-74-21-18-19-36-24-37-29-75-55(8,9)62-28-39(51(66)67)45(63)38(25-36)44(37)62/h24-25,28,30-35,40-42,46-50,53,64-65,70-71H,17-23,26-27,29H2,1-16H3,(H,59,69)(H,66,67)/t30-,31-,32+,33+,34-,35+,40+,41-,42+,46-,47+,48-,49-,50+,53?,56-,57-,58-/m1/s1. The summed E-state index contributed by atoms with van der Waals surface area (Å²) in [5, 5.41) is 65.6. The summed E-state index contributed by atoms with van der Waals surface area (Å²) < 4.78 is 58.2. The Labute approximate surface area is 475 Å². The highest BCUT2D eigenvalue weighted by Gasteiger charge is 2.54. The second kappa shape index (κ2) is 26.7. The molecule has 5 heterocycles. The van der Waals surface area contributed by atoms with Gasteiger partial charge in [-0.15, -0.1) is 0 Å². The number of carbonyl (C=O) groups excluding carboxylic acids is 2. The van der Waals surface area contributed by atoms with E-state index in [0.29, 0.717) is 42.5 Å². The summed E-state index contributed by atoms with van der Waals surface area (Å²) in [5.41, 5.74) is -4.15. The molecule has 0 bridgehead atoms. The van der Waals surface area contributed by atoms with Gasteiger partial charge in [-0.2, -0.15) is 0 Å². The highest BCUT2D eigenvalue weighted by atomic mass is 16.7. The number of amides is 1. The van der Waals surface area contributed by atoms with E-state index in [1.165, 1.54) is 27.3 Å². The average molecular weight is 1150 g/mol. The fourth-order valence-corrected chi connectivity index (χ4v) is 12.5. The molecule has 6 N–H and O–H groups in total. The maximum absolute atomic E-state index is 14.6. The number of carbonyl (C=O) groups is 3. The van der Waals surface area contributed by atoms with Crippen LogP contribution < -0.4 is 10.7 Å². The first-order valence-electron chi connectivity index (χ1n) is 28.4. The Kier molecular flexibility index (Phi) is 21.7. The zero-order chi connectivity index (χ0) is 60.3. The summed E-state index contributed by atoms with van der Waals surface area (Å²) in [6.45, 7) is 21.3. The number of aromatic nitrogens is 1. The Morgan fingerprint density at radius 1 is 0.926 bits per heavy atom. The maximum Gasteiger partial charge on any atom is 0.407 e. The lowest BCUT2D eigenvalue weighted by atomic mass is 9.73. The molecule has 3 fully saturated rings. The number of alkyl carbamates (subject to hydrolysis) is 1. The van der Waals surface area contributed by atoms with Crippen molar-refractivity contribution in [1.29, 1.82) is 0 Å². The second-order valence-corrected chi connectivity index (χ2v) is 24.2. The zero-order valence-electron chi connectivity index (χ0n) is 50.3. The Balaban J connectivity index is 1.17. The van der Waals surface area contributed by atoms with Crippen LogP contribution in [0.25, 0.3) is 10.9 Å². The van der Waals surface area contributed by atoms with E-state index in [9.17, 15) is 44.7 Å². The molecule has 458 valence electrons. The van der Waals surface area contributed by atoms with Gasteiger partial charge in [-0.25, -0.2) is 9.59 Å². The zero-order valence-corrected chi connectivity index (χ0v) is 50.3. The van der Waals surface area contributed by atoms with Crippen LogP contribution in [0.15, 0.2) is 28.3 Å². The molecule has 23 nitrogen and oxygen atoms in total. The van der Waals surface area contributed by atoms with Crippen LogP contribution in [-0.2, 0) is 71.0 Å². The smallest absolute Gasteiger partial charge is 0.407 e. The van der Waals surface area contributed by atoms with Crippen molar-refractivity contribution in [1.82, 2.24) is 14.8 Å². The molecule has 4 aliphatic heterocycles. The molecule has 0 radical (unpaired) electrons. The molecule has 1 aromatic heterocycles. The molecular formula is C58H92N4O19. The number of rotatable bonds is 17. The largest absolute Gasteiger partial charge is 0.477 e. The van der Waals surface area contributed by atoms with Gasteiger partial charge in [0, 0.05) is 67.6 Å². The van der Waals surface area contributed by atoms with Gasteiger partial charge in [0.2, 0.25) is 5.43 Å². The first-order chi connectivity index (χ1) is 37.8. The average Bonchev–Trinajstić information content (AvgIpc) is 3.60. The lowest BCUT2D eigenvalue weighted by Gasteiger charge is -2.49. The van der Waals surface area contributed by atoms with E-state index in [4.69, 9.17) is 47.5 Å². The number of aromatic carboxylic acids is 1. The third kappa shape index (κ3) is 14.6. The predicted octanol–water partition coefficient (Wildman–Crippen LogP) is 4.84. The van der Waals surface area contributed by atoms with Gasteiger partial charge in [0.05, 0.1) is 66.5 Å². The molecule has 0 saturated carbocycles. The van der Waals surface area contributed by atoms with Crippen molar-refractivity contribution < 1.29 is 87.4 Å². The monoisotopic (exact) mass is 1150 g/mol. The highest BCUT2D eigenvalue weighted by Crippen LogP contribution is 2.42. The van der Waals surface area contributed by atoms with Crippen LogP contribution >= 0.6 is 0 Å². The second-order valence-electron chi connectivity index (χ2n) is 24.2. The molecule has 1 amide bonds. The fraction of sp³-hybridized carbons (Fsp3) is 0.776. The van der Waals surface area contributed by atoms with Gasteiger partial charge in [-0.05, 0) is 113 Å². The molecule has 18 atom stereocenters. The van der Waals surface area contributed by atoms with Gasteiger partial charge in [0.25, 0.3) is 0 Å². The molecule has 3 saturated heterocycles. The Morgan fingerprint density at radius 3 is 2.25 bits per heavy atom. The van der Waals surface area contributed by atoms with E-state index in [1.807, 2.05) is 52.8 Å². The van der Waals surface area contributed by atoms with Crippen LogP contribution in [0.5, 0.6) is 0 Å². The summed E-state index contributed by atoms with van der Waals surface area (Å²) in [4.78, 5) is 60.4. The summed E-state index contributed by atoms with van der Waals surface area (Å²) in [7, 11) is 6.53. The van der Waals surface area contributed by atoms with Crippen molar-refractivity contribution in [2.45, 2.75) is 218 Å². The number of esters is 1. The number of aryl methyl sites for hydroxylation is 1. The number of methoxy groups -OCH3 is 1. The summed E-state index contributed by atoms with van der Waals surface area (Å²) in [6.07, 6.45) is -8.54. The first kappa shape index (κ1) is 65.8. The number of pyridine rings is 1. The molecule has 6 rings (SSSR count). The number of aliphatic hydroxyl groups is 4. The fourth-order valence-electron chi connectivity index (χ4n) is 12.5. The molecule has 0 aliphatic carbocycles. The van der Waals surface area contributed by atoms with Gasteiger partial charge in [0.1, 0.15) is 41.8 Å². The summed E-state index contributed by atoms with van der Waals surface area (Å²) in [5.74, 6) is -5.61. The Bertz CT molecular complexity index is 2590. The quantitative estimate of drug-likeness (QED) is 0.0702. The summed E-state index contributed by atoms with van der Waals surface area (Å²) >= 11 is 0. The third-order valence-electron chi connectivity index (χ3n) is 17.1. The highest BCUT2D eigenvalue weighted by molar-refractivity contribution is 5.94. The van der Waals surface area contributed by atoms with E-state index in [0.717, 1.165) is 11.1 Å². The third-order valence-corrected chi connectivity index (χ3v) is 17.1. The number of carboxylic acid groups (broad SMARTS) is 1. The van der Waals surface area contributed by atoms with Crippen LogP contribution in [0.2, 0.25) is 0 Å². The molecule has 1 aromatic carbocycles. The molecule has 4 aliphatic rings. The summed E-state index contributed by atoms with van der Waals surface area (Å²) in [6, 6.07) is 3.33. The Morgan fingerprint density at radius 2 is 1.62 bits per heavy atom. The number of nitrogens with zero attached hydrogens (tertiary/aromatic N) is 3. The Hall–Kier alpha value is -4.37. The number of cyclic esters (lactones) is 1. The van der Waals surface area contributed by atoms with Gasteiger partial charge in [-0.3, -0.25) is 9.59 Å². The van der Waals surface area contributed by atoms with Crippen molar-refractivity contribution in [2.75, 3.05) is 48.1 Å². The minimum absolute atomic E-state index is 0.0148. The minimum Gasteiger partial charge on any atom is -0.477 e. The van der Waals surface area contributed by atoms with Gasteiger partial charge < -0.3 is 87.8 Å². The number of likely N-dealkylation sites (N-methyl/N-ethyl adjacent to an activating group) is 1. The number of benzene rings is 1. The van der Waals surface area contributed by atoms with Crippen LogP contribution in [0.1, 0.15) is 137 Å². The SMILES string of the molecule is CC[C@H]1OC(=O)[C@H](C)[C@@H](O[C@H]2C[C@@](C)(OC)[C@@H](OC(=O)NCCOCCCc3cc4c5c(c3)c(=O)c(C(=O)O)cn5C(C)(C)OC4)[C@H](C)O2)[C@H](C)[C@@H](OC2O[C@H](C)C[C@H](N(C)C)[C@H]2O)[C@](C)(O)C[C@@H](C)C(=NOC)[C@H](C)[C@@H](O)[C@]1(C)O. The molecule has 2 aromatic rings. The number of carboxylic acids is 1. The van der Waals surface area contributed by atoms with E-state index >= 15 is 0 Å². The van der Waals surface area contributed by atoms with E-state index in [2.05, 4.69) is 10.5 Å². The van der Waals surface area contributed by atoms with Gasteiger partial charge in [-0.1, -0.05) is 38.9 Å². The van der Waals surface area contributed by atoms with Gasteiger partial charge >= 0.3 is 18.0 Å². The molecular weight excluding hydrogens is 1060 g/mol. The van der Waals surface area contributed by atoms with Crippen LogP contribution in [0, 0.1) is 23.7 Å². The minimum atomic E-state index is -1.99.